The fraction of sp³-hybridized carbons (Fsp3) is 0.154. The van der Waals surface area contributed by atoms with Crippen molar-refractivity contribution >= 4 is 27.5 Å². The second kappa shape index (κ2) is 5.73. The highest BCUT2D eigenvalue weighted by Crippen LogP contribution is 2.20. The number of anilines is 1. The highest BCUT2D eigenvalue weighted by molar-refractivity contribution is 9.10. The maximum Gasteiger partial charge on any atom is 0.260 e. The first-order valence-electron chi connectivity index (χ1n) is 5.48. The standard InChI is InChI=1S/C13H12BrNO3/c1-2-17-10-5-3-9(4-6-10)15-13(16)11-7-8-18-12(11)14/h3-8H,2H2,1H3,(H,15,16). The highest BCUT2D eigenvalue weighted by Gasteiger charge is 2.12. The van der Waals surface area contributed by atoms with Crippen LogP contribution in [0.4, 0.5) is 5.69 Å². The summed E-state index contributed by atoms with van der Waals surface area (Å²) in [5.41, 5.74) is 1.17. The van der Waals surface area contributed by atoms with Crippen LogP contribution < -0.4 is 10.1 Å². The van der Waals surface area contributed by atoms with E-state index >= 15 is 0 Å². The highest BCUT2D eigenvalue weighted by atomic mass is 79.9. The number of nitrogens with one attached hydrogen (secondary N) is 1. The molecule has 0 aliphatic heterocycles. The van der Waals surface area contributed by atoms with Crippen molar-refractivity contribution in [2.75, 3.05) is 11.9 Å². The third-order valence-corrected chi connectivity index (χ3v) is 2.90. The van der Waals surface area contributed by atoms with Gasteiger partial charge in [0.1, 0.15) is 5.75 Å². The Bertz CT molecular complexity index is 533. The Morgan fingerprint density at radius 3 is 2.61 bits per heavy atom. The molecular weight excluding hydrogens is 298 g/mol. The van der Waals surface area contributed by atoms with Crippen LogP contribution in [0.25, 0.3) is 0 Å². The van der Waals surface area contributed by atoms with E-state index in [0.29, 0.717) is 22.5 Å². The molecule has 5 heteroatoms. The smallest absolute Gasteiger partial charge is 0.260 e. The van der Waals surface area contributed by atoms with Crippen LogP contribution in [0.2, 0.25) is 0 Å². The van der Waals surface area contributed by atoms with Crippen LogP contribution in [-0.2, 0) is 0 Å². The molecule has 0 atom stereocenters. The molecule has 0 radical (unpaired) electrons. The molecule has 94 valence electrons. The lowest BCUT2D eigenvalue weighted by Crippen LogP contribution is -2.11. The summed E-state index contributed by atoms with van der Waals surface area (Å²) < 4.78 is 10.8. The predicted molar refractivity (Wildman–Crippen MR) is 72.0 cm³/mol. The average Bonchev–Trinajstić information content (AvgIpc) is 2.78. The lowest BCUT2D eigenvalue weighted by Gasteiger charge is -2.06. The van der Waals surface area contributed by atoms with Gasteiger partial charge in [-0.15, -0.1) is 0 Å². The Balaban J connectivity index is 2.05. The second-order valence-electron chi connectivity index (χ2n) is 3.52. The molecular formula is C13H12BrNO3. The number of hydrogen-bond donors (Lipinski definition) is 1. The SMILES string of the molecule is CCOc1ccc(NC(=O)c2ccoc2Br)cc1. The maximum absolute atomic E-state index is 11.9. The average molecular weight is 310 g/mol. The van der Waals surface area contributed by atoms with Gasteiger partial charge in [-0.2, -0.15) is 0 Å². The van der Waals surface area contributed by atoms with Gasteiger partial charge in [-0.25, -0.2) is 0 Å². The molecule has 0 saturated heterocycles. The first-order chi connectivity index (χ1) is 8.70. The van der Waals surface area contributed by atoms with Crippen molar-refractivity contribution in [2.24, 2.45) is 0 Å². The molecule has 18 heavy (non-hydrogen) atoms. The Morgan fingerprint density at radius 1 is 1.33 bits per heavy atom. The van der Waals surface area contributed by atoms with Gasteiger partial charge in [0.05, 0.1) is 18.4 Å². The molecule has 1 N–H and O–H groups in total. The van der Waals surface area contributed by atoms with Crippen LogP contribution in [0.1, 0.15) is 17.3 Å². The molecule has 0 aliphatic rings. The van der Waals surface area contributed by atoms with Crippen LogP contribution >= 0.6 is 15.9 Å². The molecule has 2 rings (SSSR count). The lowest BCUT2D eigenvalue weighted by molar-refractivity contribution is 0.102. The van der Waals surface area contributed by atoms with E-state index in [1.807, 2.05) is 19.1 Å². The van der Waals surface area contributed by atoms with Crippen LogP contribution in [0, 0.1) is 0 Å². The molecule has 0 unspecified atom stereocenters. The Hall–Kier alpha value is -1.75. The summed E-state index contributed by atoms with van der Waals surface area (Å²) in [5, 5.41) is 2.77. The molecule has 0 spiro atoms. The number of ether oxygens (including phenoxy) is 1. The first kappa shape index (κ1) is 12.7. The van der Waals surface area contributed by atoms with Gasteiger partial charge in [0, 0.05) is 5.69 Å². The molecule has 1 amide bonds. The van der Waals surface area contributed by atoms with Gasteiger partial charge in [0.15, 0.2) is 4.67 Å². The molecule has 1 aromatic heterocycles. The van der Waals surface area contributed by atoms with Crippen molar-refractivity contribution in [1.82, 2.24) is 0 Å². The van der Waals surface area contributed by atoms with Gasteiger partial charge >= 0.3 is 0 Å². The molecule has 1 aromatic carbocycles. The van der Waals surface area contributed by atoms with E-state index in [-0.39, 0.29) is 5.91 Å². The number of hydrogen-bond acceptors (Lipinski definition) is 3. The summed E-state index contributed by atoms with van der Waals surface area (Å²) in [6, 6.07) is 8.80. The first-order valence-corrected chi connectivity index (χ1v) is 6.27. The molecule has 0 fully saturated rings. The van der Waals surface area contributed by atoms with E-state index in [1.54, 1.807) is 18.2 Å². The molecule has 2 aromatic rings. The minimum absolute atomic E-state index is 0.222. The largest absolute Gasteiger partial charge is 0.494 e. The molecule has 1 heterocycles. The van der Waals surface area contributed by atoms with Crippen molar-refractivity contribution in [3.05, 3.63) is 46.8 Å². The van der Waals surface area contributed by atoms with Crippen molar-refractivity contribution in [3.8, 4) is 5.75 Å². The van der Waals surface area contributed by atoms with Crippen LogP contribution in [0.15, 0.2) is 45.7 Å². The third-order valence-electron chi connectivity index (χ3n) is 2.29. The monoisotopic (exact) mass is 309 g/mol. The summed E-state index contributed by atoms with van der Waals surface area (Å²) in [4.78, 5) is 11.9. The van der Waals surface area contributed by atoms with E-state index in [0.717, 1.165) is 5.75 Å². The number of furan rings is 1. The van der Waals surface area contributed by atoms with Crippen LogP contribution in [-0.4, -0.2) is 12.5 Å². The second-order valence-corrected chi connectivity index (χ2v) is 4.24. The quantitative estimate of drug-likeness (QED) is 0.937. The minimum atomic E-state index is -0.222. The summed E-state index contributed by atoms with van der Waals surface area (Å²) in [6.45, 7) is 2.54. The van der Waals surface area contributed by atoms with Crippen LogP contribution in [0.5, 0.6) is 5.75 Å². The molecule has 0 saturated carbocycles. The zero-order valence-corrected chi connectivity index (χ0v) is 11.4. The van der Waals surface area contributed by atoms with Gasteiger partial charge in [-0.05, 0) is 53.2 Å². The number of amides is 1. The van der Waals surface area contributed by atoms with E-state index in [9.17, 15) is 4.79 Å². The fourth-order valence-corrected chi connectivity index (χ4v) is 1.88. The lowest BCUT2D eigenvalue weighted by atomic mass is 10.2. The summed E-state index contributed by atoms with van der Waals surface area (Å²) in [7, 11) is 0. The molecule has 0 aliphatic carbocycles. The maximum atomic E-state index is 11.9. The summed E-state index contributed by atoms with van der Waals surface area (Å²) in [6.07, 6.45) is 1.46. The fourth-order valence-electron chi connectivity index (χ4n) is 1.46. The van der Waals surface area contributed by atoms with Gasteiger partial charge < -0.3 is 14.5 Å². The topological polar surface area (TPSA) is 51.5 Å². The normalized spacial score (nSPS) is 10.1. The van der Waals surface area contributed by atoms with Crippen molar-refractivity contribution < 1.29 is 13.9 Å². The number of rotatable bonds is 4. The number of carbonyl (C=O) groups excluding carboxylic acids is 1. The zero-order chi connectivity index (χ0) is 13.0. The van der Waals surface area contributed by atoms with E-state index in [4.69, 9.17) is 9.15 Å². The number of benzene rings is 1. The van der Waals surface area contributed by atoms with Crippen molar-refractivity contribution in [2.45, 2.75) is 6.92 Å². The van der Waals surface area contributed by atoms with E-state index < -0.39 is 0 Å². The summed E-state index contributed by atoms with van der Waals surface area (Å²) in [5.74, 6) is 0.555. The Kier molecular flexibility index (Phi) is 4.04. The van der Waals surface area contributed by atoms with Crippen molar-refractivity contribution in [3.63, 3.8) is 0 Å². The van der Waals surface area contributed by atoms with Gasteiger partial charge in [0.25, 0.3) is 5.91 Å². The Morgan fingerprint density at radius 2 is 2.06 bits per heavy atom. The van der Waals surface area contributed by atoms with Gasteiger partial charge in [-0.1, -0.05) is 0 Å². The predicted octanol–water partition coefficient (Wildman–Crippen LogP) is 3.69. The minimum Gasteiger partial charge on any atom is -0.494 e. The van der Waals surface area contributed by atoms with Gasteiger partial charge in [0.2, 0.25) is 0 Å². The zero-order valence-electron chi connectivity index (χ0n) is 9.77. The van der Waals surface area contributed by atoms with E-state index in [2.05, 4.69) is 21.2 Å². The molecule has 0 bridgehead atoms. The van der Waals surface area contributed by atoms with E-state index in [1.165, 1.54) is 6.26 Å². The van der Waals surface area contributed by atoms with Crippen molar-refractivity contribution in [1.29, 1.82) is 0 Å². The number of halogens is 1. The molecule has 4 nitrogen and oxygen atoms in total. The van der Waals surface area contributed by atoms with Gasteiger partial charge in [-0.3, -0.25) is 4.79 Å². The summed E-state index contributed by atoms with van der Waals surface area (Å²) >= 11 is 3.16. The van der Waals surface area contributed by atoms with Crippen LogP contribution in [0.3, 0.4) is 0 Å². The third kappa shape index (κ3) is 2.92. The number of carbonyl (C=O) groups is 1. The Labute approximate surface area is 113 Å².